The van der Waals surface area contributed by atoms with Gasteiger partial charge in [-0.1, -0.05) is 26.7 Å². The van der Waals surface area contributed by atoms with Crippen LogP contribution < -0.4 is 0 Å². The zero-order chi connectivity index (χ0) is 8.91. The molecule has 60 valence electrons. The number of nitrogens with zero attached hydrogens (tertiary/aromatic N) is 1. The first kappa shape index (κ1) is 9.97. The van der Waals surface area contributed by atoms with Gasteiger partial charge in [0.05, 0.1) is 5.70 Å². The molecule has 0 aliphatic heterocycles. The molecule has 0 amide bonds. The molecule has 0 aliphatic carbocycles. The van der Waals surface area contributed by atoms with Crippen LogP contribution in [-0.2, 0) is 0 Å². The molecule has 0 heterocycles. The van der Waals surface area contributed by atoms with Crippen LogP contribution in [0, 0.1) is 17.8 Å². The predicted octanol–water partition coefficient (Wildman–Crippen LogP) is 2.64. The molecule has 0 bridgehead atoms. The van der Waals surface area contributed by atoms with Gasteiger partial charge in [0.15, 0.2) is 0 Å². The van der Waals surface area contributed by atoms with Crippen LogP contribution in [0.15, 0.2) is 16.8 Å². The Morgan fingerprint density at radius 2 is 2.00 bits per heavy atom. The van der Waals surface area contributed by atoms with Gasteiger partial charge in [-0.15, -0.1) is 6.42 Å². The second kappa shape index (κ2) is 3.98. The Labute approximate surface area is 69.2 Å². The van der Waals surface area contributed by atoms with Crippen molar-refractivity contribution in [3.8, 4) is 12.3 Å². The maximum atomic E-state index is 5.16. The lowest BCUT2D eigenvalue weighted by atomic mass is 9.92. The molecule has 1 nitrogen and oxygen atoms in total. The lowest BCUT2D eigenvalue weighted by molar-refractivity contribution is 0.499. The van der Waals surface area contributed by atoms with Gasteiger partial charge in [0.2, 0.25) is 0 Å². The molecule has 0 fully saturated rings. The molecule has 0 atom stereocenters. The second-order valence-corrected chi connectivity index (χ2v) is 3.33. The topological polar surface area (TPSA) is 12.4 Å². The van der Waals surface area contributed by atoms with Crippen molar-refractivity contribution in [1.82, 2.24) is 0 Å². The predicted molar refractivity (Wildman–Crippen MR) is 50.5 cm³/mol. The van der Waals surface area contributed by atoms with E-state index < -0.39 is 0 Å². The van der Waals surface area contributed by atoms with Gasteiger partial charge in [-0.05, 0) is 6.92 Å². The molecule has 11 heavy (non-hydrogen) atoms. The van der Waals surface area contributed by atoms with Gasteiger partial charge in [-0.25, -0.2) is 0 Å². The summed E-state index contributed by atoms with van der Waals surface area (Å²) in [6, 6.07) is 0. The van der Waals surface area contributed by atoms with Crippen molar-refractivity contribution >= 4 is 6.21 Å². The Bertz CT molecular complexity index is 208. The molecule has 0 saturated heterocycles. The van der Waals surface area contributed by atoms with E-state index in [0.717, 1.165) is 5.70 Å². The summed E-state index contributed by atoms with van der Waals surface area (Å²) in [6.45, 7) is 8.14. The fourth-order valence-corrected chi connectivity index (χ4v) is 0.665. The van der Waals surface area contributed by atoms with Crippen molar-refractivity contribution in [3.63, 3.8) is 0 Å². The van der Waals surface area contributed by atoms with Gasteiger partial charge >= 0.3 is 0 Å². The summed E-state index contributed by atoms with van der Waals surface area (Å²) < 4.78 is 0. The Balaban J connectivity index is 4.66. The van der Waals surface area contributed by atoms with Gasteiger partial charge in [0, 0.05) is 17.7 Å². The van der Waals surface area contributed by atoms with Crippen LogP contribution in [0.1, 0.15) is 27.7 Å². The van der Waals surface area contributed by atoms with E-state index in [4.69, 9.17) is 6.42 Å². The van der Waals surface area contributed by atoms with Gasteiger partial charge in [-0.2, -0.15) is 0 Å². The standard InChI is InChI=1S/C10H15N/c1-6-8-9(11-7-2)10(3,4)5/h1,7-8H,2-5H3/b9-8-,11-7?. The van der Waals surface area contributed by atoms with Crippen molar-refractivity contribution in [2.45, 2.75) is 27.7 Å². The largest absolute Gasteiger partial charge is 0.265 e. The van der Waals surface area contributed by atoms with Crippen molar-refractivity contribution in [3.05, 3.63) is 11.8 Å². The molecule has 0 N–H and O–H groups in total. The van der Waals surface area contributed by atoms with Crippen molar-refractivity contribution < 1.29 is 0 Å². The zero-order valence-corrected chi connectivity index (χ0v) is 7.68. The molecule has 0 aromatic carbocycles. The third kappa shape index (κ3) is 3.62. The SMILES string of the molecule is C#C/C=C(\N=CC)C(C)(C)C. The Morgan fingerprint density at radius 1 is 1.45 bits per heavy atom. The van der Waals surface area contributed by atoms with Gasteiger partial charge in [-0.3, -0.25) is 4.99 Å². The highest BCUT2D eigenvalue weighted by atomic mass is 14.7. The van der Waals surface area contributed by atoms with Crippen LogP contribution >= 0.6 is 0 Å². The van der Waals surface area contributed by atoms with E-state index in [9.17, 15) is 0 Å². The van der Waals surface area contributed by atoms with E-state index in [1.165, 1.54) is 0 Å². The number of hydrogen-bond donors (Lipinski definition) is 0. The number of rotatable bonds is 1. The number of allylic oxidation sites excluding steroid dienone is 2. The first-order valence-corrected chi connectivity index (χ1v) is 3.68. The van der Waals surface area contributed by atoms with Crippen molar-refractivity contribution in [2.24, 2.45) is 10.4 Å². The molecule has 0 aromatic heterocycles. The first-order valence-electron chi connectivity index (χ1n) is 3.68. The lowest BCUT2D eigenvalue weighted by Crippen LogP contribution is -2.07. The van der Waals surface area contributed by atoms with Crippen LogP contribution in [0.25, 0.3) is 0 Å². The molecular formula is C10H15N. The lowest BCUT2D eigenvalue weighted by Gasteiger charge is -2.17. The molecule has 0 spiro atoms. The number of terminal acetylenes is 1. The third-order valence-corrected chi connectivity index (χ3v) is 1.26. The smallest absolute Gasteiger partial charge is 0.0536 e. The first-order chi connectivity index (χ1) is 5.02. The average Bonchev–Trinajstić information content (AvgIpc) is 1.85. The van der Waals surface area contributed by atoms with E-state index in [1.54, 1.807) is 12.3 Å². The highest BCUT2D eigenvalue weighted by Gasteiger charge is 2.14. The molecule has 0 unspecified atom stereocenters. The van der Waals surface area contributed by atoms with Crippen molar-refractivity contribution in [2.75, 3.05) is 0 Å². The summed E-state index contributed by atoms with van der Waals surface area (Å²) in [5.41, 5.74) is 0.987. The highest BCUT2D eigenvalue weighted by molar-refractivity contribution is 5.56. The Morgan fingerprint density at radius 3 is 2.27 bits per heavy atom. The minimum atomic E-state index is 0.0406. The van der Waals surface area contributed by atoms with Gasteiger partial charge in [0.25, 0.3) is 0 Å². The number of hydrogen-bond acceptors (Lipinski definition) is 1. The average molecular weight is 149 g/mol. The molecular weight excluding hydrogens is 134 g/mol. The van der Waals surface area contributed by atoms with Gasteiger partial charge < -0.3 is 0 Å². The summed E-state index contributed by atoms with van der Waals surface area (Å²) in [5.74, 6) is 2.48. The summed E-state index contributed by atoms with van der Waals surface area (Å²) >= 11 is 0. The van der Waals surface area contributed by atoms with Crippen molar-refractivity contribution in [1.29, 1.82) is 0 Å². The van der Waals surface area contributed by atoms with Gasteiger partial charge in [0.1, 0.15) is 0 Å². The maximum absolute atomic E-state index is 5.16. The fraction of sp³-hybridized carbons (Fsp3) is 0.500. The summed E-state index contributed by atoms with van der Waals surface area (Å²) in [5, 5.41) is 0. The van der Waals surface area contributed by atoms with E-state index in [1.807, 2.05) is 6.92 Å². The zero-order valence-electron chi connectivity index (χ0n) is 7.68. The summed E-state index contributed by atoms with van der Waals surface area (Å²) in [4.78, 5) is 4.18. The number of aliphatic imine (C=N–C) groups is 1. The molecule has 1 heteroatoms. The van der Waals surface area contributed by atoms with Crippen LogP contribution in [0.2, 0.25) is 0 Å². The van der Waals surface area contributed by atoms with Crippen LogP contribution in [0.4, 0.5) is 0 Å². The van der Waals surface area contributed by atoms with E-state index in [0.29, 0.717) is 0 Å². The van der Waals surface area contributed by atoms with E-state index in [2.05, 4.69) is 31.7 Å². The summed E-state index contributed by atoms with van der Waals surface area (Å²) in [7, 11) is 0. The molecule has 0 aromatic rings. The molecule has 0 rings (SSSR count). The normalized spacial score (nSPS) is 13.5. The monoisotopic (exact) mass is 149 g/mol. The van der Waals surface area contributed by atoms with E-state index >= 15 is 0 Å². The molecule has 0 aliphatic rings. The maximum Gasteiger partial charge on any atom is 0.0536 e. The minimum Gasteiger partial charge on any atom is -0.265 e. The highest BCUT2D eigenvalue weighted by Crippen LogP contribution is 2.25. The minimum absolute atomic E-state index is 0.0406. The molecule has 0 saturated carbocycles. The fourth-order valence-electron chi connectivity index (χ4n) is 0.665. The van der Waals surface area contributed by atoms with Crippen LogP contribution in [0.5, 0.6) is 0 Å². The summed E-state index contributed by atoms with van der Waals surface area (Å²) in [6.07, 6.45) is 8.62. The quantitative estimate of drug-likeness (QED) is 0.401. The Hall–Kier alpha value is -1.03. The van der Waals surface area contributed by atoms with Crippen LogP contribution in [0.3, 0.4) is 0 Å². The Kier molecular flexibility index (Phi) is 3.60. The third-order valence-electron chi connectivity index (χ3n) is 1.26. The van der Waals surface area contributed by atoms with Crippen LogP contribution in [-0.4, -0.2) is 6.21 Å². The van der Waals surface area contributed by atoms with E-state index in [-0.39, 0.29) is 5.41 Å². The second-order valence-electron chi connectivity index (χ2n) is 3.33. The molecule has 0 radical (unpaired) electrons.